The van der Waals surface area contributed by atoms with E-state index in [2.05, 4.69) is 17.2 Å². The number of hydrogen-bond acceptors (Lipinski definition) is 4. The molecule has 0 aromatic carbocycles. The fourth-order valence-corrected chi connectivity index (χ4v) is 3.91. The molecule has 1 aromatic rings. The summed E-state index contributed by atoms with van der Waals surface area (Å²) in [6.07, 6.45) is 6.11. The number of anilines is 1. The zero-order valence-corrected chi connectivity index (χ0v) is 13.6. The van der Waals surface area contributed by atoms with Crippen molar-refractivity contribution in [2.75, 3.05) is 17.2 Å². The summed E-state index contributed by atoms with van der Waals surface area (Å²) in [6, 6.07) is 3.90. The van der Waals surface area contributed by atoms with Gasteiger partial charge in [0.15, 0.2) is 0 Å². The Hall–Kier alpha value is -1.56. The average molecular weight is 319 g/mol. The zero-order valence-electron chi connectivity index (χ0n) is 12.7. The van der Waals surface area contributed by atoms with Crippen molar-refractivity contribution in [3.8, 4) is 0 Å². The Kier molecular flexibility index (Phi) is 4.66. The Morgan fingerprint density at radius 3 is 2.95 bits per heavy atom. The van der Waals surface area contributed by atoms with Gasteiger partial charge in [-0.15, -0.1) is 0 Å². The Morgan fingerprint density at radius 1 is 1.41 bits per heavy atom. The molecule has 6 heteroatoms. The van der Waals surface area contributed by atoms with Crippen LogP contribution in [0.4, 0.5) is 5.69 Å². The molecular weight excluding hydrogens is 298 g/mol. The van der Waals surface area contributed by atoms with Gasteiger partial charge < -0.3 is 5.32 Å². The second-order valence-electron chi connectivity index (χ2n) is 6.12. The smallest absolute Gasteiger partial charge is 0.240 e. The second-order valence-corrected chi connectivity index (χ2v) is 7.08. The van der Waals surface area contributed by atoms with Gasteiger partial charge in [-0.05, 0) is 43.7 Å². The van der Waals surface area contributed by atoms with E-state index in [9.17, 15) is 9.59 Å². The van der Waals surface area contributed by atoms with Crippen molar-refractivity contribution in [2.24, 2.45) is 5.92 Å². The van der Waals surface area contributed by atoms with Crippen LogP contribution in [-0.4, -0.2) is 35.1 Å². The third-order valence-corrected chi connectivity index (χ3v) is 5.34. The summed E-state index contributed by atoms with van der Waals surface area (Å²) in [6.45, 7) is 2.34. The highest BCUT2D eigenvalue weighted by atomic mass is 32.2. The predicted molar refractivity (Wildman–Crippen MR) is 86.9 cm³/mol. The van der Waals surface area contributed by atoms with E-state index in [1.54, 1.807) is 17.2 Å². The van der Waals surface area contributed by atoms with Crippen LogP contribution in [0.3, 0.4) is 0 Å². The monoisotopic (exact) mass is 319 g/mol. The van der Waals surface area contributed by atoms with E-state index < -0.39 is 0 Å². The van der Waals surface area contributed by atoms with Crippen LogP contribution in [0.25, 0.3) is 0 Å². The van der Waals surface area contributed by atoms with Crippen LogP contribution in [-0.2, 0) is 9.59 Å². The summed E-state index contributed by atoms with van der Waals surface area (Å²) in [5.41, 5.74) is 0.746. The Balaban J connectivity index is 1.62. The van der Waals surface area contributed by atoms with Crippen LogP contribution in [0.1, 0.15) is 32.6 Å². The van der Waals surface area contributed by atoms with Gasteiger partial charge >= 0.3 is 0 Å². The summed E-state index contributed by atoms with van der Waals surface area (Å²) in [7, 11) is 0. The summed E-state index contributed by atoms with van der Waals surface area (Å²) in [5, 5.41) is 3.90. The minimum Gasteiger partial charge on any atom is -0.352 e. The molecule has 2 amide bonds. The number of carbonyl (C=O) groups excluding carboxylic acids is 2. The van der Waals surface area contributed by atoms with Gasteiger partial charge in [-0.1, -0.05) is 18.7 Å². The molecule has 5 nitrogen and oxygen atoms in total. The number of aromatic nitrogens is 1. The lowest BCUT2D eigenvalue weighted by Gasteiger charge is -2.30. The number of fused-ring (bicyclic) bond motifs is 1. The minimum absolute atomic E-state index is 0.0297. The third-order valence-electron chi connectivity index (χ3n) is 4.36. The zero-order chi connectivity index (χ0) is 15.5. The minimum atomic E-state index is -0.0744. The molecule has 22 heavy (non-hydrogen) atoms. The van der Waals surface area contributed by atoms with Crippen LogP contribution < -0.4 is 10.2 Å². The van der Waals surface area contributed by atoms with Crippen LogP contribution >= 0.6 is 11.8 Å². The van der Waals surface area contributed by atoms with Gasteiger partial charge in [0.2, 0.25) is 11.8 Å². The van der Waals surface area contributed by atoms with Crippen molar-refractivity contribution < 1.29 is 9.59 Å². The van der Waals surface area contributed by atoms with Crippen LogP contribution in [0.15, 0.2) is 23.4 Å². The van der Waals surface area contributed by atoms with Gasteiger partial charge in [-0.3, -0.25) is 14.5 Å². The molecule has 1 aliphatic carbocycles. The Labute approximate surface area is 134 Å². The lowest BCUT2D eigenvalue weighted by atomic mass is 9.87. The molecule has 1 N–H and O–H groups in total. The molecule has 0 atom stereocenters. The van der Waals surface area contributed by atoms with Crippen molar-refractivity contribution >= 4 is 29.3 Å². The molecule has 1 fully saturated rings. The molecule has 1 saturated carbocycles. The van der Waals surface area contributed by atoms with Crippen molar-refractivity contribution in [3.63, 3.8) is 0 Å². The van der Waals surface area contributed by atoms with Crippen molar-refractivity contribution in [3.05, 3.63) is 18.3 Å². The number of hydrogen-bond donors (Lipinski definition) is 1. The molecule has 1 aromatic heterocycles. The maximum absolute atomic E-state index is 12.3. The standard InChI is InChI=1S/C16H21N3O2S/c1-11-4-6-12(7-5-11)18-14(20)9-19-13-3-2-8-17-16(13)22-10-15(19)21/h2-3,8,11-12H,4-7,9-10H2,1H3,(H,18,20). The van der Waals surface area contributed by atoms with Crippen LogP contribution in [0, 0.1) is 5.92 Å². The molecule has 0 saturated heterocycles. The van der Waals surface area contributed by atoms with Crippen molar-refractivity contribution in [1.29, 1.82) is 0 Å². The number of pyridine rings is 1. The van der Waals surface area contributed by atoms with Gasteiger partial charge in [-0.25, -0.2) is 4.98 Å². The summed E-state index contributed by atoms with van der Waals surface area (Å²) in [4.78, 5) is 30.2. The molecule has 1 aliphatic heterocycles. The number of thioether (sulfide) groups is 1. The molecule has 2 aliphatic rings. The summed E-state index contributed by atoms with van der Waals surface area (Å²) in [5.74, 6) is 0.998. The Bertz CT molecular complexity index is 570. The van der Waals surface area contributed by atoms with Gasteiger partial charge in [-0.2, -0.15) is 0 Å². The SMILES string of the molecule is CC1CCC(NC(=O)CN2C(=O)CSc3ncccc32)CC1. The fraction of sp³-hybridized carbons (Fsp3) is 0.562. The highest BCUT2D eigenvalue weighted by Gasteiger charge is 2.28. The molecular formula is C16H21N3O2S. The Morgan fingerprint density at radius 2 is 2.18 bits per heavy atom. The van der Waals surface area contributed by atoms with Crippen molar-refractivity contribution in [2.45, 2.75) is 43.7 Å². The molecule has 0 bridgehead atoms. The maximum atomic E-state index is 12.3. The van der Waals surface area contributed by atoms with Crippen LogP contribution in [0.2, 0.25) is 0 Å². The largest absolute Gasteiger partial charge is 0.352 e. The molecule has 0 radical (unpaired) electrons. The van der Waals surface area contributed by atoms with Gasteiger partial charge in [0, 0.05) is 12.2 Å². The average Bonchev–Trinajstić information content (AvgIpc) is 2.52. The highest BCUT2D eigenvalue weighted by Crippen LogP contribution is 2.32. The maximum Gasteiger partial charge on any atom is 0.240 e. The molecule has 118 valence electrons. The van der Waals surface area contributed by atoms with E-state index in [4.69, 9.17) is 0 Å². The number of nitrogens with one attached hydrogen (secondary N) is 1. The second kappa shape index (κ2) is 6.69. The molecule has 0 unspecified atom stereocenters. The quantitative estimate of drug-likeness (QED) is 0.928. The lowest BCUT2D eigenvalue weighted by molar-refractivity contribution is -0.123. The molecule has 3 rings (SSSR count). The number of amides is 2. The van der Waals surface area contributed by atoms with E-state index in [0.29, 0.717) is 5.75 Å². The van der Waals surface area contributed by atoms with Crippen LogP contribution in [0.5, 0.6) is 0 Å². The first kappa shape index (κ1) is 15.3. The van der Waals surface area contributed by atoms with E-state index in [1.165, 1.54) is 11.8 Å². The number of nitrogens with zero attached hydrogens (tertiary/aromatic N) is 2. The first-order valence-electron chi connectivity index (χ1n) is 7.81. The van der Waals surface area contributed by atoms with E-state index in [1.807, 2.05) is 6.07 Å². The topological polar surface area (TPSA) is 62.3 Å². The van der Waals surface area contributed by atoms with E-state index in [-0.39, 0.29) is 24.4 Å². The van der Waals surface area contributed by atoms with Gasteiger partial charge in [0.1, 0.15) is 11.6 Å². The first-order chi connectivity index (χ1) is 10.6. The summed E-state index contributed by atoms with van der Waals surface area (Å²) < 4.78 is 0. The fourth-order valence-electron chi connectivity index (χ4n) is 3.04. The van der Waals surface area contributed by atoms with Gasteiger partial charge in [0.05, 0.1) is 11.4 Å². The predicted octanol–water partition coefficient (Wildman–Crippen LogP) is 2.22. The van der Waals surface area contributed by atoms with E-state index in [0.717, 1.165) is 42.3 Å². The molecule has 0 spiro atoms. The normalized spacial score (nSPS) is 24.8. The number of carbonyl (C=O) groups is 2. The van der Waals surface area contributed by atoms with Gasteiger partial charge in [0.25, 0.3) is 0 Å². The van der Waals surface area contributed by atoms with Crippen molar-refractivity contribution in [1.82, 2.24) is 10.3 Å². The molecule has 2 heterocycles. The third kappa shape index (κ3) is 3.43. The van der Waals surface area contributed by atoms with E-state index >= 15 is 0 Å². The highest BCUT2D eigenvalue weighted by molar-refractivity contribution is 8.00. The summed E-state index contributed by atoms with van der Waals surface area (Å²) >= 11 is 1.43. The lowest BCUT2D eigenvalue weighted by Crippen LogP contribution is -2.46. The number of rotatable bonds is 3. The first-order valence-corrected chi connectivity index (χ1v) is 8.79.